The molecule has 134 heavy (non-hydrogen) atoms. The molecule has 4 unspecified atom stereocenters. The van der Waals surface area contributed by atoms with E-state index >= 15 is 0 Å². The zero-order valence-electron chi connectivity index (χ0n) is 78.2. The summed E-state index contributed by atoms with van der Waals surface area (Å²) < 4.78 is 29.8. The maximum absolute atomic E-state index is 12.5. The van der Waals surface area contributed by atoms with Gasteiger partial charge in [-0.15, -0.1) is 0 Å². The van der Waals surface area contributed by atoms with Gasteiger partial charge in [-0.25, -0.2) is 58.7 Å². The maximum Gasteiger partial charge on any atom is 0.419 e. The molecular weight excluding hydrogens is 1900 g/mol. The number of likely N-dealkylation sites (tertiary alicyclic amines) is 4. The number of nitrogens with two attached hydrogens (primary N) is 3. The number of amidine groups is 1. The van der Waals surface area contributed by atoms with Gasteiger partial charge in [0.1, 0.15) is 52.2 Å². The Morgan fingerprint density at radius 3 is 1.44 bits per heavy atom. The van der Waals surface area contributed by atoms with Crippen LogP contribution in [-0.4, -0.2) is 194 Å². The van der Waals surface area contributed by atoms with Crippen LogP contribution in [0.5, 0.6) is 0 Å². The van der Waals surface area contributed by atoms with Crippen molar-refractivity contribution in [3.63, 3.8) is 0 Å². The Kier molecular flexibility index (Phi) is 39.5. The number of imidazole rings is 2. The first kappa shape index (κ1) is 105. The third-order valence-corrected chi connectivity index (χ3v) is 22.0. The van der Waals surface area contributed by atoms with Crippen molar-refractivity contribution < 1.29 is 42.5 Å². The minimum Gasteiger partial charge on any atom is -0.444 e. The van der Waals surface area contributed by atoms with Crippen molar-refractivity contribution in [2.45, 2.75) is 181 Å². The molecular formula is C97H122ClIN20O12S3. The van der Waals surface area contributed by atoms with E-state index in [9.17, 15) is 33.6 Å². The molecule has 0 aliphatic carbocycles. The molecule has 4 aliphatic rings. The van der Waals surface area contributed by atoms with E-state index < -0.39 is 33.8 Å². The standard InChI is InChI=1S/C24H28N4O3.C18H27N3O2S.C17H25N3O2S.C16H24N2O2.C8H5NO3.C7H6N4S.C6H4ClN3.CH3I/c1-24(2,3)31-23(30)28-13-7-9-17(15-28)16-8-6-10-18(14-16)25-22-26-20-12-5-4-11-19(20)21(29)27-22;1-18(2,3)23-17(22)21-10-6-8-14(12-21)13-7-5-9-15(11-13)20-16(19)24-4;1-17(2,3)22-16(21)20-9-5-7-13(11-20)12-6-4-8-14(10-12)19-15(18)23;1-16(2,3)20-15(19)18-9-5-7-13(11-18)12-6-4-8-14(17)10-12;10-7-5-3-1-2-4-6(5)9-8(11)12-7;12-7(10-3-1-8-5-10)11-4-2-9-6-11;7-5-4-1-2-8-6(4)10-3-9-5;1-2/h4-6,8,10-12,14,17H,7,9,13,15H2,1-3H3,(H2,25,26,27,29);5,7,9,11,14H,6,8,10,12H2,1-4H3,(H2,19,20);4,6,8,10,13H,5,7,9,11H2,1-3H3,(H3,18,19,23);4,6,8,10,13H,5,7,9,11,17H2,1-3H3;1-4H,(H,9,11);1-6H;1-3H,(H,8,9,10);1H3. The molecule has 4 atom stereocenters. The zero-order chi connectivity index (χ0) is 97.5. The van der Waals surface area contributed by atoms with Crippen LogP contribution >= 0.6 is 70.4 Å². The number of carbonyl (C=O) groups is 4. The molecule has 0 spiro atoms. The number of hydrogen-bond acceptors (Lipinski definition) is 23. The second kappa shape index (κ2) is 50.2. The van der Waals surface area contributed by atoms with Crippen molar-refractivity contribution in [2.75, 3.05) is 79.9 Å². The van der Waals surface area contributed by atoms with Gasteiger partial charge in [-0.3, -0.25) is 23.9 Å². The number of thioether (sulfide) groups is 1. The summed E-state index contributed by atoms with van der Waals surface area (Å²) in [5.41, 5.74) is 24.5. The van der Waals surface area contributed by atoms with E-state index in [0.717, 1.165) is 110 Å². The highest BCUT2D eigenvalue weighted by atomic mass is 127. The summed E-state index contributed by atoms with van der Waals surface area (Å²) in [6.45, 7) is 28.3. The van der Waals surface area contributed by atoms with Gasteiger partial charge in [-0.1, -0.05) is 119 Å². The third kappa shape index (κ3) is 34.3. The summed E-state index contributed by atoms with van der Waals surface area (Å²) in [6.07, 6.45) is 22.5. The topological polar surface area (TPSA) is 419 Å². The summed E-state index contributed by atoms with van der Waals surface area (Å²) in [6, 6.07) is 47.9. The number of aromatic nitrogens is 10. The number of H-pyrrole nitrogens is 3. The molecule has 32 nitrogen and oxygen atoms in total. The highest BCUT2D eigenvalue weighted by Crippen LogP contribution is 2.35. The Hall–Kier alpha value is -12.3. The summed E-state index contributed by atoms with van der Waals surface area (Å²) in [4.78, 5) is 125. The first-order valence-electron chi connectivity index (χ1n) is 43.9. The molecule has 6 aromatic heterocycles. The van der Waals surface area contributed by atoms with Crippen molar-refractivity contribution in [1.29, 1.82) is 0 Å². The summed E-state index contributed by atoms with van der Waals surface area (Å²) in [5, 5.41) is 9.91. The number of benzene rings is 6. The van der Waals surface area contributed by atoms with Crippen LogP contribution in [0.3, 0.4) is 0 Å². The quantitative estimate of drug-likeness (QED) is 0.0102. The van der Waals surface area contributed by atoms with Gasteiger partial charge in [-0.2, -0.15) is 0 Å². The van der Waals surface area contributed by atoms with Gasteiger partial charge >= 0.3 is 35.8 Å². The fourth-order valence-electron chi connectivity index (χ4n) is 14.7. The van der Waals surface area contributed by atoms with Gasteiger partial charge in [0.2, 0.25) is 5.95 Å². The number of hydrogen-bond donors (Lipinski definition) is 8. The number of piperidine rings is 4. The number of aromatic amines is 3. The van der Waals surface area contributed by atoms with Crippen LogP contribution in [0.25, 0.3) is 32.8 Å². The highest BCUT2D eigenvalue weighted by Gasteiger charge is 2.33. The average Bonchev–Trinajstić information content (AvgIpc) is 1.27. The minimum atomic E-state index is -0.723. The number of para-hydroxylation sites is 2. The lowest BCUT2D eigenvalue weighted by Gasteiger charge is -2.34. The van der Waals surface area contributed by atoms with E-state index in [4.69, 9.17) is 72.2 Å². The molecule has 11 N–H and O–H groups in total. The molecule has 12 aromatic rings. The molecule has 0 bridgehead atoms. The van der Waals surface area contributed by atoms with Crippen LogP contribution in [0, 0.1) is 0 Å². The lowest BCUT2D eigenvalue weighted by molar-refractivity contribution is 0.0188. The van der Waals surface area contributed by atoms with Crippen LogP contribution in [0.4, 0.5) is 47.9 Å². The van der Waals surface area contributed by atoms with E-state index in [1.807, 2.05) is 189 Å². The van der Waals surface area contributed by atoms with Crippen molar-refractivity contribution in [2.24, 2.45) is 16.5 Å². The predicted octanol–water partition coefficient (Wildman–Crippen LogP) is 19.6. The largest absolute Gasteiger partial charge is 0.444 e. The molecule has 10 heterocycles. The smallest absolute Gasteiger partial charge is 0.419 e. The number of nitrogen functional groups attached to an aromatic ring is 1. The van der Waals surface area contributed by atoms with Gasteiger partial charge < -0.3 is 75.8 Å². The highest BCUT2D eigenvalue weighted by molar-refractivity contribution is 14.1. The average molecular weight is 2020 g/mol. The van der Waals surface area contributed by atoms with Gasteiger partial charge in [0.15, 0.2) is 15.4 Å². The number of nitrogens with one attached hydrogen (secondary N) is 5. The van der Waals surface area contributed by atoms with Crippen molar-refractivity contribution in [3.8, 4) is 0 Å². The number of aliphatic imine (C=N–C) groups is 1. The Labute approximate surface area is 814 Å². The van der Waals surface area contributed by atoms with Gasteiger partial charge in [0.05, 0.1) is 32.9 Å². The molecule has 6 aromatic carbocycles. The van der Waals surface area contributed by atoms with Gasteiger partial charge in [0.25, 0.3) is 5.56 Å². The summed E-state index contributed by atoms with van der Waals surface area (Å²) >= 11 is 19.3. The molecule has 4 aliphatic heterocycles. The number of rotatable bonds is 8. The molecule has 37 heteroatoms. The van der Waals surface area contributed by atoms with Crippen LogP contribution in [0.2, 0.25) is 5.15 Å². The number of ether oxygens (including phenoxy) is 4. The van der Waals surface area contributed by atoms with Crippen molar-refractivity contribution in [1.82, 2.24) is 68.6 Å². The number of alkyl halides is 1. The molecule has 4 saturated heterocycles. The number of nitrogens with zero attached hydrogens (tertiary/aromatic N) is 12. The van der Waals surface area contributed by atoms with E-state index in [1.54, 1.807) is 92.9 Å². The Bertz CT molecular complexity index is 6050. The second-order valence-electron chi connectivity index (χ2n) is 35.8. The number of amides is 4. The maximum atomic E-state index is 12.5. The molecule has 4 amide bonds. The molecule has 0 saturated carbocycles. The Balaban J connectivity index is 0.000000180. The molecule has 0 radical (unpaired) electrons. The van der Waals surface area contributed by atoms with E-state index in [2.05, 4.69) is 119 Å². The van der Waals surface area contributed by atoms with E-state index in [-0.39, 0.29) is 41.0 Å². The van der Waals surface area contributed by atoms with Crippen molar-refractivity contribution >= 4 is 172 Å². The summed E-state index contributed by atoms with van der Waals surface area (Å²) in [5.74, 6) is 0.853. The Morgan fingerprint density at radius 2 is 0.985 bits per heavy atom. The van der Waals surface area contributed by atoms with Crippen LogP contribution in [-0.2, 0) is 18.9 Å². The van der Waals surface area contributed by atoms with Crippen LogP contribution in [0.15, 0.2) is 225 Å². The third-order valence-electron chi connectivity index (χ3n) is 20.6. The molecule has 16 rings (SSSR count). The lowest BCUT2D eigenvalue weighted by atomic mass is 9.90. The summed E-state index contributed by atoms with van der Waals surface area (Å²) in [7, 11) is 0. The minimum absolute atomic E-state index is 0.176. The van der Waals surface area contributed by atoms with Crippen molar-refractivity contribution in [3.05, 3.63) is 260 Å². The number of fused-ring (bicyclic) bond motifs is 3. The van der Waals surface area contributed by atoms with Crippen LogP contribution in [0.1, 0.15) is 180 Å². The normalized spacial score (nSPS) is 16.1. The number of thiocarbonyl (C=S) groups is 2. The molecule has 4 fully saturated rings. The first-order chi connectivity index (χ1) is 63.7. The number of anilines is 4. The fourth-order valence-corrected chi connectivity index (χ4v) is 15.5. The van der Waals surface area contributed by atoms with E-state index in [1.165, 1.54) is 34.8 Å². The second-order valence-corrected chi connectivity index (χ2v) is 37.7. The van der Waals surface area contributed by atoms with Gasteiger partial charge in [-0.05, 0) is 271 Å². The SMILES string of the molecule is CC(C)(C)OC(=O)N1CCCC(c2cccc(N)c2)C1.CC(C)(C)OC(=O)N1CCCC(c2cccc(NC(N)=S)c2)C1.CC(C)(C)OC(=O)N1CCCC(c2cccc(Nc3nc4ccccc4c(=O)[nH]3)c2)C1.CI.CSC(N)=Nc1cccc(C2CCCN(C(=O)OC(C)(C)C)C2)c1.Clc1ncnc2[nH]ccc12.O=c1[nH]c2ccccc2c(=O)o1.S=C(n1ccnc1)n1ccnc1. The predicted molar refractivity (Wildman–Crippen MR) is 550 cm³/mol. The van der Waals surface area contributed by atoms with Crippen LogP contribution < -0.4 is 44.8 Å². The number of halogens is 2. The number of carbonyl (C=O) groups excluding carboxylic acids is 4. The monoisotopic (exact) mass is 2020 g/mol. The van der Waals surface area contributed by atoms with Gasteiger partial charge in [0, 0.05) is 124 Å². The lowest BCUT2D eigenvalue weighted by Crippen LogP contribution is -2.42. The molecule has 714 valence electrons. The first-order valence-corrected chi connectivity index (χ1v) is 48.5. The fraction of sp³-hybridized carbons (Fsp3) is 0.392. The van der Waals surface area contributed by atoms with E-state index in [0.29, 0.717) is 93.7 Å². The Morgan fingerprint density at radius 1 is 0.545 bits per heavy atom. The zero-order valence-corrected chi connectivity index (χ0v) is 83.5.